The summed E-state index contributed by atoms with van der Waals surface area (Å²) in [5.74, 6) is -0.510. The molecule has 0 fully saturated rings. The maximum Gasteiger partial charge on any atom is 0.340 e. The number of ether oxygens (including phenoxy) is 1. The number of carbonyl (C=O) groups is 1. The summed E-state index contributed by atoms with van der Waals surface area (Å²) in [6.07, 6.45) is 0. The van der Waals surface area contributed by atoms with E-state index >= 15 is 0 Å². The maximum atomic E-state index is 12.5. The monoisotopic (exact) mass is 409 g/mol. The van der Waals surface area contributed by atoms with E-state index in [0.29, 0.717) is 28.1 Å². The van der Waals surface area contributed by atoms with Crippen LogP contribution < -0.4 is 0 Å². The Labute approximate surface area is 180 Å². The number of aromatic nitrogens is 1. The van der Waals surface area contributed by atoms with Crippen LogP contribution in [-0.4, -0.2) is 17.1 Å². The van der Waals surface area contributed by atoms with Crippen LogP contribution in [0.15, 0.2) is 41.5 Å². The topological polar surface area (TPSA) is 126 Å². The van der Waals surface area contributed by atoms with Gasteiger partial charge in [0.05, 0.1) is 29.0 Å². The zero-order valence-corrected chi connectivity index (χ0v) is 17.6. The van der Waals surface area contributed by atoms with Gasteiger partial charge in [0.1, 0.15) is 29.8 Å². The molecule has 2 aromatic rings. The van der Waals surface area contributed by atoms with Crippen LogP contribution >= 0.6 is 0 Å². The van der Waals surface area contributed by atoms with E-state index in [1.807, 2.05) is 6.07 Å². The van der Waals surface area contributed by atoms with Gasteiger partial charge in [0.15, 0.2) is 0 Å². The van der Waals surface area contributed by atoms with E-state index in [1.165, 1.54) is 0 Å². The second-order valence-corrected chi connectivity index (χ2v) is 6.53. The van der Waals surface area contributed by atoms with Gasteiger partial charge in [-0.15, -0.1) is 0 Å². The van der Waals surface area contributed by atoms with Crippen LogP contribution in [0.3, 0.4) is 0 Å². The third-order valence-electron chi connectivity index (χ3n) is 4.91. The molecule has 0 atom stereocenters. The highest BCUT2D eigenvalue weighted by molar-refractivity contribution is 6.07. The summed E-state index contributed by atoms with van der Waals surface area (Å²) in [6, 6.07) is 16.1. The molecule has 0 saturated carbocycles. The van der Waals surface area contributed by atoms with Gasteiger partial charge in [-0.05, 0) is 31.9 Å². The molecule has 0 amide bonds. The first kappa shape index (κ1) is 22.7. The van der Waals surface area contributed by atoms with Gasteiger partial charge < -0.3 is 9.30 Å². The van der Waals surface area contributed by atoms with Gasteiger partial charge in [0.25, 0.3) is 0 Å². The number of rotatable bonds is 5. The molecule has 0 aliphatic heterocycles. The van der Waals surface area contributed by atoms with Crippen molar-refractivity contribution in [2.24, 2.45) is 7.05 Å². The van der Waals surface area contributed by atoms with E-state index in [-0.39, 0.29) is 23.3 Å². The normalized spacial score (nSPS) is 10.6. The molecule has 1 aromatic heterocycles. The smallest absolute Gasteiger partial charge is 0.340 e. The summed E-state index contributed by atoms with van der Waals surface area (Å²) in [5, 5.41) is 38.7. The van der Waals surface area contributed by atoms with Crippen LogP contribution in [0.4, 0.5) is 0 Å². The molecule has 0 unspecified atom stereocenters. The first-order valence-electron chi connectivity index (χ1n) is 9.35. The molecule has 2 rings (SSSR count). The standard InChI is InChI=1S/C24H19N5O2/c1-5-31-24(30)21-15(2)23(29(4)16(21)3)20(14-28)22(17-9-7-6-8-10-17)19(13-27)18(11-25)12-26/h6-10H,5H2,1-4H3/b22-20+. The lowest BCUT2D eigenvalue weighted by Gasteiger charge is -2.13. The van der Waals surface area contributed by atoms with Crippen LogP contribution in [0, 0.1) is 59.2 Å². The lowest BCUT2D eigenvalue weighted by Crippen LogP contribution is -2.07. The quantitative estimate of drug-likeness (QED) is 0.415. The Morgan fingerprint density at radius 1 is 1.00 bits per heavy atom. The number of hydrogen-bond donors (Lipinski definition) is 0. The van der Waals surface area contributed by atoms with E-state index < -0.39 is 11.5 Å². The lowest BCUT2D eigenvalue weighted by atomic mass is 9.89. The maximum absolute atomic E-state index is 12.5. The number of esters is 1. The summed E-state index contributed by atoms with van der Waals surface area (Å²) >= 11 is 0. The van der Waals surface area contributed by atoms with Gasteiger partial charge in [-0.3, -0.25) is 0 Å². The molecule has 0 aliphatic rings. The van der Waals surface area contributed by atoms with Crippen molar-refractivity contribution in [1.82, 2.24) is 4.57 Å². The van der Waals surface area contributed by atoms with Gasteiger partial charge >= 0.3 is 5.97 Å². The van der Waals surface area contributed by atoms with Gasteiger partial charge in [-0.1, -0.05) is 30.3 Å². The van der Waals surface area contributed by atoms with E-state index in [4.69, 9.17) is 4.74 Å². The SMILES string of the molecule is CCOC(=O)c1c(C)c(/C(C#N)=C(/C(C#N)=C(C#N)C#N)c2ccccc2)n(C)c1C. The molecule has 152 valence electrons. The first-order chi connectivity index (χ1) is 14.9. The highest BCUT2D eigenvalue weighted by Crippen LogP contribution is 2.36. The molecule has 0 radical (unpaired) electrons. The summed E-state index contributed by atoms with van der Waals surface area (Å²) in [4.78, 5) is 12.5. The average molecular weight is 409 g/mol. The Balaban J connectivity index is 3.07. The molecule has 31 heavy (non-hydrogen) atoms. The van der Waals surface area contributed by atoms with Crippen LogP contribution in [0.25, 0.3) is 11.1 Å². The zero-order chi connectivity index (χ0) is 23.1. The molecule has 1 heterocycles. The molecule has 0 saturated heterocycles. The van der Waals surface area contributed by atoms with Crippen LogP contribution in [0.1, 0.15) is 39.8 Å². The average Bonchev–Trinajstić information content (AvgIpc) is 3.00. The molecule has 7 heteroatoms. The molecule has 0 aliphatic carbocycles. The van der Waals surface area contributed by atoms with E-state index in [1.54, 1.807) is 74.9 Å². The molecule has 0 bridgehead atoms. The summed E-state index contributed by atoms with van der Waals surface area (Å²) in [5.41, 5.74) is 1.96. The largest absolute Gasteiger partial charge is 0.462 e. The molecule has 7 nitrogen and oxygen atoms in total. The third-order valence-corrected chi connectivity index (χ3v) is 4.91. The lowest BCUT2D eigenvalue weighted by molar-refractivity contribution is 0.0524. The summed E-state index contributed by atoms with van der Waals surface area (Å²) in [6.45, 7) is 5.33. The summed E-state index contributed by atoms with van der Waals surface area (Å²) < 4.78 is 6.84. The van der Waals surface area contributed by atoms with Gasteiger partial charge in [0.2, 0.25) is 0 Å². The number of nitriles is 4. The van der Waals surface area contributed by atoms with Crippen molar-refractivity contribution in [3.8, 4) is 24.3 Å². The van der Waals surface area contributed by atoms with Crippen molar-refractivity contribution in [3.05, 3.63) is 69.6 Å². The van der Waals surface area contributed by atoms with Crippen LogP contribution in [0.2, 0.25) is 0 Å². The number of hydrogen-bond acceptors (Lipinski definition) is 6. The molecule has 0 N–H and O–H groups in total. The first-order valence-corrected chi connectivity index (χ1v) is 9.35. The van der Waals surface area contributed by atoms with E-state index in [0.717, 1.165) is 0 Å². The fraction of sp³-hybridized carbons (Fsp3) is 0.208. The van der Waals surface area contributed by atoms with Crippen molar-refractivity contribution in [3.63, 3.8) is 0 Å². The van der Waals surface area contributed by atoms with Crippen molar-refractivity contribution in [2.75, 3.05) is 6.61 Å². The van der Waals surface area contributed by atoms with Crippen molar-refractivity contribution < 1.29 is 9.53 Å². The molecular weight excluding hydrogens is 390 g/mol. The van der Waals surface area contributed by atoms with E-state index in [9.17, 15) is 25.8 Å². The third kappa shape index (κ3) is 4.08. The number of allylic oxidation sites excluding steroid dienone is 4. The van der Waals surface area contributed by atoms with Crippen LogP contribution in [0.5, 0.6) is 0 Å². The minimum Gasteiger partial charge on any atom is -0.462 e. The van der Waals surface area contributed by atoms with Gasteiger partial charge in [-0.2, -0.15) is 21.0 Å². The van der Waals surface area contributed by atoms with Gasteiger partial charge in [0, 0.05) is 18.3 Å². The Morgan fingerprint density at radius 3 is 2.10 bits per heavy atom. The van der Waals surface area contributed by atoms with Crippen molar-refractivity contribution in [2.45, 2.75) is 20.8 Å². The predicted molar refractivity (Wildman–Crippen MR) is 114 cm³/mol. The highest BCUT2D eigenvalue weighted by Gasteiger charge is 2.28. The fourth-order valence-electron chi connectivity index (χ4n) is 3.46. The second-order valence-electron chi connectivity index (χ2n) is 6.53. The Kier molecular flexibility index (Phi) is 7.14. The Hall–Kier alpha value is -4.59. The molecule has 0 spiro atoms. The summed E-state index contributed by atoms with van der Waals surface area (Å²) in [7, 11) is 1.70. The fourth-order valence-corrected chi connectivity index (χ4v) is 3.46. The number of nitrogens with zero attached hydrogens (tertiary/aromatic N) is 5. The molecular formula is C24H19N5O2. The predicted octanol–water partition coefficient (Wildman–Crippen LogP) is 4.12. The van der Waals surface area contributed by atoms with Crippen molar-refractivity contribution in [1.29, 1.82) is 21.0 Å². The minimum atomic E-state index is -0.510. The minimum absolute atomic E-state index is 0.0735. The zero-order valence-electron chi connectivity index (χ0n) is 17.6. The van der Waals surface area contributed by atoms with E-state index in [2.05, 4.69) is 6.07 Å². The highest BCUT2D eigenvalue weighted by atomic mass is 16.5. The molecule has 1 aromatic carbocycles. The number of benzene rings is 1. The second kappa shape index (κ2) is 9.75. The Bertz CT molecular complexity index is 1250. The van der Waals surface area contributed by atoms with Crippen molar-refractivity contribution >= 4 is 17.1 Å². The number of carbonyl (C=O) groups excluding carboxylic acids is 1. The Morgan fingerprint density at radius 2 is 1.61 bits per heavy atom. The van der Waals surface area contributed by atoms with Crippen LogP contribution in [-0.2, 0) is 11.8 Å². The van der Waals surface area contributed by atoms with Gasteiger partial charge in [-0.25, -0.2) is 4.79 Å².